The molecule has 5 nitrogen and oxygen atoms in total. The number of anilines is 2. The van der Waals surface area contributed by atoms with Crippen molar-refractivity contribution in [2.45, 2.75) is 13.3 Å². The van der Waals surface area contributed by atoms with E-state index in [2.05, 4.69) is 22.8 Å². The Labute approximate surface area is 171 Å². The quantitative estimate of drug-likeness (QED) is 0.524. The van der Waals surface area contributed by atoms with Gasteiger partial charge >= 0.3 is 0 Å². The van der Waals surface area contributed by atoms with Crippen LogP contribution in [0.15, 0.2) is 78.9 Å². The van der Waals surface area contributed by atoms with Crippen molar-refractivity contribution in [1.82, 2.24) is 0 Å². The maximum atomic E-state index is 12.3. The summed E-state index contributed by atoms with van der Waals surface area (Å²) in [6, 6.07) is 25.2. The molecule has 3 rings (SSSR count). The molecule has 0 aromatic heterocycles. The van der Waals surface area contributed by atoms with Crippen LogP contribution in [-0.4, -0.2) is 25.7 Å². The molecule has 150 valence electrons. The first kappa shape index (κ1) is 20.3. The first-order chi connectivity index (χ1) is 14.2. The van der Waals surface area contributed by atoms with E-state index in [0.29, 0.717) is 18.9 Å². The molecule has 0 saturated carbocycles. The van der Waals surface area contributed by atoms with Gasteiger partial charge in [0.05, 0.1) is 19.8 Å². The van der Waals surface area contributed by atoms with E-state index in [4.69, 9.17) is 9.47 Å². The van der Waals surface area contributed by atoms with E-state index in [1.165, 1.54) is 5.56 Å². The number of carbonyl (C=O) groups excluding carboxylic acids is 1. The highest BCUT2D eigenvalue weighted by Crippen LogP contribution is 2.19. The van der Waals surface area contributed by atoms with Crippen LogP contribution in [-0.2, 0) is 11.2 Å². The van der Waals surface area contributed by atoms with Crippen molar-refractivity contribution < 1.29 is 14.3 Å². The normalized spacial score (nSPS) is 10.2. The van der Waals surface area contributed by atoms with Gasteiger partial charge in [0.1, 0.15) is 11.5 Å². The molecule has 0 aliphatic rings. The number of carbonyl (C=O) groups is 1. The summed E-state index contributed by atoms with van der Waals surface area (Å²) in [5.41, 5.74) is 2.78. The molecule has 0 aliphatic carbocycles. The molecule has 0 unspecified atom stereocenters. The number of rotatable bonds is 10. The molecule has 3 aromatic rings. The van der Waals surface area contributed by atoms with Gasteiger partial charge < -0.3 is 20.1 Å². The highest BCUT2D eigenvalue weighted by molar-refractivity contribution is 5.93. The van der Waals surface area contributed by atoms with E-state index in [9.17, 15) is 4.79 Å². The van der Waals surface area contributed by atoms with Crippen molar-refractivity contribution >= 4 is 17.3 Å². The predicted molar refractivity (Wildman–Crippen MR) is 117 cm³/mol. The van der Waals surface area contributed by atoms with Gasteiger partial charge in [0, 0.05) is 29.9 Å². The van der Waals surface area contributed by atoms with Crippen molar-refractivity contribution in [3.8, 4) is 11.5 Å². The van der Waals surface area contributed by atoms with E-state index >= 15 is 0 Å². The lowest BCUT2D eigenvalue weighted by atomic mass is 10.2. The standard InChI is InChI=1S/C24H26N2O3/c1-2-28-22-12-6-10-20(16-22)25-18-24(27)26-21-11-7-13-23(17-21)29-15-14-19-8-4-3-5-9-19/h3-13,16-17,25H,2,14-15,18H2,1H3,(H,26,27). The van der Waals surface area contributed by atoms with Crippen molar-refractivity contribution in [3.63, 3.8) is 0 Å². The van der Waals surface area contributed by atoms with Crippen LogP contribution >= 0.6 is 0 Å². The minimum atomic E-state index is -0.131. The lowest BCUT2D eigenvalue weighted by molar-refractivity contribution is -0.114. The maximum Gasteiger partial charge on any atom is 0.243 e. The second-order valence-electron chi connectivity index (χ2n) is 6.47. The summed E-state index contributed by atoms with van der Waals surface area (Å²) < 4.78 is 11.3. The minimum absolute atomic E-state index is 0.131. The maximum absolute atomic E-state index is 12.3. The number of hydrogen-bond donors (Lipinski definition) is 2. The molecule has 0 atom stereocenters. The summed E-state index contributed by atoms with van der Waals surface area (Å²) in [5.74, 6) is 1.38. The molecular weight excluding hydrogens is 364 g/mol. The number of ether oxygens (including phenoxy) is 2. The van der Waals surface area contributed by atoms with Crippen LogP contribution in [0.2, 0.25) is 0 Å². The average molecular weight is 390 g/mol. The van der Waals surface area contributed by atoms with Crippen LogP contribution in [0.3, 0.4) is 0 Å². The molecule has 3 aromatic carbocycles. The summed E-state index contributed by atoms with van der Waals surface area (Å²) in [4.78, 5) is 12.3. The fourth-order valence-corrected chi connectivity index (χ4v) is 2.85. The smallest absolute Gasteiger partial charge is 0.243 e. The Morgan fingerprint density at radius 3 is 2.28 bits per heavy atom. The van der Waals surface area contributed by atoms with Gasteiger partial charge in [-0.3, -0.25) is 4.79 Å². The van der Waals surface area contributed by atoms with E-state index in [1.807, 2.05) is 73.7 Å². The third kappa shape index (κ3) is 6.88. The van der Waals surface area contributed by atoms with Crippen LogP contribution in [0, 0.1) is 0 Å². The van der Waals surface area contributed by atoms with E-state index in [1.54, 1.807) is 0 Å². The zero-order valence-electron chi connectivity index (χ0n) is 16.6. The van der Waals surface area contributed by atoms with Crippen LogP contribution in [0.5, 0.6) is 11.5 Å². The van der Waals surface area contributed by atoms with Gasteiger partial charge in [-0.2, -0.15) is 0 Å². The Bertz CT molecular complexity index is 913. The van der Waals surface area contributed by atoms with Gasteiger partial charge in [-0.05, 0) is 36.8 Å². The van der Waals surface area contributed by atoms with Crippen LogP contribution in [0.1, 0.15) is 12.5 Å². The summed E-state index contributed by atoms with van der Waals surface area (Å²) >= 11 is 0. The third-order valence-electron chi connectivity index (χ3n) is 4.22. The van der Waals surface area contributed by atoms with Crippen LogP contribution < -0.4 is 20.1 Å². The number of amides is 1. The molecule has 0 fully saturated rings. The first-order valence-corrected chi connectivity index (χ1v) is 9.76. The largest absolute Gasteiger partial charge is 0.494 e. The molecule has 1 amide bonds. The number of nitrogens with one attached hydrogen (secondary N) is 2. The molecule has 0 bridgehead atoms. The Morgan fingerprint density at radius 1 is 0.828 bits per heavy atom. The molecule has 0 heterocycles. The fraction of sp³-hybridized carbons (Fsp3) is 0.208. The van der Waals surface area contributed by atoms with E-state index in [-0.39, 0.29) is 12.5 Å². The lowest BCUT2D eigenvalue weighted by Gasteiger charge is -2.11. The Kier molecular flexibility index (Phi) is 7.52. The van der Waals surface area contributed by atoms with Gasteiger partial charge in [-0.1, -0.05) is 42.5 Å². The monoisotopic (exact) mass is 390 g/mol. The molecule has 2 N–H and O–H groups in total. The molecule has 0 spiro atoms. The molecule has 0 radical (unpaired) electrons. The summed E-state index contributed by atoms with van der Waals surface area (Å²) in [7, 11) is 0. The Hall–Kier alpha value is -3.47. The van der Waals surface area contributed by atoms with Gasteiger partial charge in [-0.15, -0.1) is 0 Å². The Balaban J connectivity index is 1.46. The molecule has 0 saturated heterocycles. The fourth-order valence-electron chi connectivity index (χ4n) is 2.85. The molecule has 0 aliphatic heterocycles. The molecule has 5 heteroatoms. The van der Waals surface area contributed by atoms with Gasteiger partial charge in [-0.25, -0.2) is 0 Å². The zero-order valence-corrected chi connectivity index (χ0v) is 16.6. The minimum Gasteiger partial charge on any atom is -0.494 e. The second kappa shape index (κ2) is 10.8. The molecule has 29 heavy (non-hydrogen) atoms. The van der Waals surface area contributed by atoms with E-state index < -0.39 is 0 Å². The zero-order chi connectivity index (χ0) is 20.3. The summed E-state index contributed by atoms with van der Waals surface area (Å²) in [5, 5.41) is 6.00. The van der Waals surface area contributed by atoms with Crippen molar-refractivity contribution in [2.75, 3.05) is 30.4 Å². The Morgan fingerprint density at radius 2 is 1.52 bits per heavy atom. The third-order valence-corrected chi connectivity index (χ3v) is 4.22. The first-order valence-electron chi connectivity index (χ1n) is 9.76. The van der Waals surface area contributed by atoms with Gasteiger partial charge in [0.15, 0.2) is 0 Å². The topological polar surface area (TPSA) is 59.6 Å². The SMILES string of the molecule is CCOc1cccc(NCC(=O)Nc2cccc(OCCc3ccccc3)c2)c1. The van der Waals surface area contributed by atoms with Crippen molar-refractivity contribution in [1.29, 1.82) is 0 Å². The second-order valence-corrected chi connectivity index (χ2v) is 6.47. The number of hydrogen-bond acceptors (Lipinski definition) is 4. The number of benzene rings is 3. The van der Waals surface area contributed by atoms with Crippen molar-refractivity contribution in [3.05, 3.63) is 84.4 Å². The highest BCUT2D eigenvalue weighted by atomic mass is 16.5. The van der Waals surface area contributed by atoms with Gasteiger partial charge in [0.2, 0.25) is 5.91 Å². The summed E-state index contributed by atoms with van der Waals surface area (Å²) in [6.45, 7) is 3.29. The van der Waals surface area contributed by atoms with Crippen LogP contribution in [0.25, 0.3) is 0 Å². The average Bonchev–Trinajstić information content (AvgIpc) is 2.74. The predicted octanol–water partition coefficient (Wildman–Crippen LogP) is 4.76. The summed E-state index contributed by atoms with van der Waals surface area (Å²) in [6.07, 6.45) is 0.835. The lowest BCUT2D eigenvalue weighted by Crippen LogP contribution is -2.21. The van der Waals surface area contributed by atoms with Crippen LogP contribution in [0.4, 0.5) is 11.4 Å². The van der Waals surface area contributed by atoms with E-state index in [0.717, 1.165) is 23.6 Å². The molecular formula is C24H26N2O3. The van der Waals surface area contributed by atoms with Crippen molar-refractivity contribution in [2.24, 2.45) is 0 Å². The highest BCUT2D eigenvalue weighted by Gasteiger charge is 2.05. The van der Waals surface area contributed by atoms with Gasteiger partial charge in [0.25, 0.3) is 0 Å².